The molecule has 0 N–H and O–H groups in total. The molecular weight excluding hydrogens is 643 g/mol. The Morgan fingerprint density at radius 2 is 1.02 bits per heavy atom. The third-order valence-electron chi connectivity index (χ3n) is 12.1. The molecule has 2 aromatic heterocycles. The van der Waals surface area contributed by atoms with E-state index >= 15 is 0 Å². The first-order chi connectivity index (χ1) is 26.0. The van der Waals surface area contributed by atoms with E-state index < -0.39 is 0 Å². The van der Waals surface area contributed by atoms with Gasteiger partial charge in [0.25, 0.3) is 0 Å². The minimum absolute atomic E-state index is 0.207. The van der Waals surface area contributed by atoms with E-state index in [1.807, 2.05) is 6.07 Å². The largest absolute Gasteiger partial charge is 0.456 e. The number of fused-ring (bicyclic) bond motifs is 16. The van der Waals surface area contributed by atoms with Crippen molar-refractivity contribution >= 4 is 76.1 Å². The highest BCUT2D eigenvalue weighted by Gasteiger charge is 2.39. The molecule has 0 amide bonds. The summed E-state index contributed by atoms with van der Waals surface area (Å²) in [6.07, 6.45) is 0. The van der Waals surface area contributed by atoms with Gasteiger partial charge >= 0.3 is 0 Å². The van der Waals surface area contributed by atoms with Crippen LogP contribution in [-0.2, 0) is 5.41 Å². The second kappa shape index (κ2) is 10.2. The van der Waals surface area contributed by atoms with Crippen LogP contribution in [0.1, 0.15) is 25.0 Å². The van der Waals surface area contributed by atoms with Gasteiger partial charge in [-0.1, -0.05) is 129 Å². The summed E-state index contributed by atoms with van der Waals surface area (Å²) in [6, 6.07) is 60.3. The molecule has 0 aliphatic heterocycles. The van der Waals surface area contributed by atoms with E-state index in [0.717, 1.165) is 16.9 Å². The second-order valence-corrected chi connectivity index (χ2v) is 15.3. The highest BCUT2D eigenvalue weighted by Crippen LogP contribution is 2.54. The quantitative estimate of drug-likeness (QED) is 0.167. The molecule has 0 saturated carbocycles. The van der Waals surface area contributed by atoms with Crippen LogP contribution in [-0.4, -0.2) is 4.57 Å². The Bertz CT molecular complexity index is 3320. The molecule has 12 rings (SSSR count). The average molecular weight is 676 g/mol. The molecular formula is C51H33NO. The van der Waals surface area contributed by atoms with Crippen LogP contribution in [0.3, 0.4) is 0 Å². The first-order valence-electron chi connectivity index (χ1n) is 18.5. The van der Waals surface area contributed by atoms with Crippen molar-refractivity contribution in [2.45, 2.75) is 19.3 Å². The summed E-state index contributed by atoms with van der Waals surface area (Å²) in [6.45, 7) is 4.75. The standard InChI is InChI=1S/C51H33NO/c1-51(2)44-29-48-43(38-15-8-10-18-47(38)53-48)28-42(44)39-25-26-46-49(50(39)51)40-16-7-9-17-45(40)52(46)32-22-19-30(20-23-32)31-21-24-37-35-13-4-3-11-33(35)34-12-5-6-14-36(34)41(37)27-31/h3-29H,1-2H3. The lowest BCUT2D eigenvalue weighted by Crippen LogP contribution is -2.15. The lowest BCUT2D eigenvalue weighted by Gasteiger charge is -2.22. The maximum absolute atomic E-state index is 6.38. The summed E-state index contributed by atoms with van der Waals surface area (Å²) < 4.78 is 8.84. The molecule has 2 heterocycles. The fourth-order valence-corrected chi connectivity index (χ4v) is 9.75. The summed E-state index contributed by atoms with van der Waals surface area (Å²) in [4.78, 5) is 0. The molecule has 2 heteroatoms. The third kappa shape index (κ3) is 3.82. The van der Waals surface area contributed by atoms with Gasteiger partial charge in [-0.3, -0.25) is 0 Å². The molecule has 0 saturated heterocycles. The Kier molecular flexibility index (Phi) is 5.60. The molecule has 248 valence electrons. The number of nitrogens with zero attached hydrogens (tertiary/aromatic N) is 1. The van der Waals surface area contributed by atoms with E-state index in [1.54, 1.807) is 0 Å². The monoisotopic (exact) mass is 675 g/mol. The number of hydrogen-bond acceptors (Lipinski definition) is 1. The Labute approximate surface area is 306 Å². The summed E-state index contributed by atoms with van der Waals surface area (Å²) in [5, 5.41) is 12.8. The lowest BCUT2D eigenvalue weighted by molar-refractivity contribution is 0.650. The van der Waals surface area contributed by atoms with Crippen LogP contribution in [0.15, 0.2) is 168 Å². The van der Waals surface area contributed by atoms with Crippen LogP contribution in [0.25, 0.3) is 104 Å². The minimum Gasteiger partial charge on any atom is -0.456 e. The third-order valence-corrected chi connectivity index (χ3v) is 12.1. The highest BCUT2D eigenvalue weighted by atomic mass is 16.3. The van der Waals surface area contributed by atoms with E-state index in [9.17, 15) is 0 Å². The number of benzene rings is 9. The SMILES string of the molecule is CC1(C)c2cc3oc4ccccc4c3cc2-c2ccc3c(c21)c1ccccc1n3-c1ccc(-c2ccc3c4ccccc4c4ccccc4c3c2)cc1. The highest BCUT2D eigenvalue weighted by molar-refractivity contribution is 6.26. The van der Waals surface area contributed by atoms with Crippen molar-refractivity contribution in [2.75, 3.05) is 0 Å². The van der Waals surface area contributed by atoms with Crippen LogP contribution in [0, 0.1) is 0 Å². The van der Waals surface area contributed by atoms with E-state index in [4.69, 9.17) is 4.42 Å². The number of furan rings is 1. The Balaban J connectivity index is 1.03. The lowest BCUT2D eigenvalue weighted by atomic mass is 9.80. The zero-order valence-electron chi connectivity index (χ0n) is 29.4. The topological polar surface area (TPSA) is 18.1 Å². The van der Waals surface area contributed by atoms with E-state index in [-0.39, 0.29) is 5.41 Å². The number of aromatic nitrogens is 1. The molecule has 0 unspecified atom stereocenters. The van der Waals surface area contributed by atoms with Gasteiger partial charge in [-0.25, -0.2) is 0 Å². The van der Waals surface area contributed by atoms with Gasteiger partial charge in [0.1, 0.15) is 11.2 Å². The molecule has 11 aromatic rings. The van der Waals surface area contributed by atoms with Crippen molar-refractivity contribution in [1.29, 1.82) is 0 Å². The van der Waals surface area contributed by atoms with Crippen LogP contribution in [0.5, 0.6) is 0 Å². The molecule has 0 fully saturated rings. The van der Waals surface area contributed by atoms with Crippen molar-refractivity contribution in [3.63, 3.8) is 0 Å². The van der Waals surface area contributed by atoms with Crippen LogP contribution < -0.4 is 0 Å². The van der Waals surface area contributed by atoms with Crippen molar-refractivity contribution in [3.8, 4) is 27.9 Å². The molecule has 53 heavy (non-hydrogen) atoms. The van der Waals surface area contributed by atoms with Gasteiger partial charge in [0.05, 0.1) is 11.0 Å². The van der Waals surface area contributed by atoms with Gasteiger partial charge in [0.2, 0.25) is 0 Å². The van der Waals surface area contributed by atoms with Gasteiger partial charge in [-0.15, -0.1) is 0 Å². The Morgan fingerprint density at radius 3 is 1.75 bits per heavy atom. The normalized spacial score (nSPS) is 13.6. The number of rotatable bonds is 2. The average Bonchev–Trinajstić information content (AvgIpc) is 3.82. The van der Waals surface area contributed by atoms with Crippen molar-refractivity contribution in [2.24, 2.45) is 0 Å². The first-order valence-corrected chi connectivity index (χ1v) is 18.5. The predicted octanol–water partition coefficient (Wildman–Crippen LogP) is 14.1. The first kappa shape index (κ1) is 29.0. The minimum atomic E-state index is -0.207. The van der Waals surface area contributed by atoms with Gasteiger partial charge < -0.3 is 8.98 Å². The molecule has 9 aromatic carbocycles. The smallest absolute Gasteiger partial charge is 0.135 e. The molecule has 0 bridgehead atoms. The molecule has 0 atom stereocenters. The zero-order chi connectivity index (χ0) is 35.0. The Hall–Kier alpha value is -6.64. The second-order valence-electron chi connectivity index (χ2n) is 15.3. The predicted molar refractivity (Wildman–Crippen MR) is 224 cm³/mol. The van der Waals surface area contributed by atoms with Gasteiger partial charge in [0, 0.05) is 32.6 Å². The molecule has 0 spiro atoms. The van der Waals surface area contributed by atoms with Crippen LogP contribution in [0.2, 0.25) is 0 Å². The Morgan fingerprint density at radius 1 is 0.415 bits per heavy atom. The van der Waals surface area contributed by atoms with E-state index in [1.165, 1.54) is 98.3 Å². The van der Waals surface area contributed by atoms with Crippen LogP contribution in [0.4, 0.5) is 0 Å². The van der Waals surface area contributed by atoms with E-state index in [2.05, 4.69) is 176 Å². The number of para-hydroxylation sites is 2. The molecule has 1 aliphatic rings. The van der Waals surface area contributed by atoms with Crippen LogP contribution >= 0.6 is 0 Å². The number of hydrogen-bond donors (Lipinski definition) is 0. The molecule has 0 radical (unpaired) electrons. The maximum Gasteiger partial charge on any atom is 0.135 e. The summed E-state index contributed by atoms with van der Waals surface area (Å²) in [5.41, 5.74) is 13.1. The van der Waals surface area contributed by atoms with Gasteiger partial charge in [0.15, 0.2) is 0 Å². The van der Waals surface area contributed by atoms with Crippen molar-refractivity contribution in [1.82, 2.24) is 4.57 Å². The van der Waals surface area contributed by atoms with Gasteiger partial charge in [-0.2, -0.15) is 0 Å². The summed E-state index contributed by atoms with van der Waals surface area (Å²) >= 11 is 0. The van der Waals surface area contributed by atoms with Crippen molar-refractivity contribution in [3.05, 3.63) is 175 Å². The van der Waals surface area contributed by atoms with E-state index in [0.29, 0.717) is 0 Å². The van der Waals surface area contributed by atoms with Crippen molar-refractivity contribution < 1.29 is 4.42 Å². The fraction of sp³-hybridized carbons (Fsp3) is 0.0588. The molecule has 1 aliphatic carbocycles. The fourth-order valence-electron chi connectivity index (χ4n) is 9.75. The summed E-state index contributed by atoms with van der Waals surface area (Å²) in [5.74, 6) is 0. The zero-order valence-corrected chi connectivity index (χ0v) is 29.4. The maximum atomic E-state index is 6.38. The van der Waals surface area contributed by atoms with Gasteiger partial charge in [-0.05, 0) is 114 Å². The summed E-state index contributed by atoms with van der Waals surface area (Å²) in [7, 11) is 0. The molecule has 2 nitrogen and oxygen atoms in total.